The molecule has 0 fully saturated rings. The number of aromatic nitrogens is 2. The minimum Gasteiger partial charge on any atom is -0.508 e. The summed E-state index contributed by atoms with van der Waals surface area (Å²) in [5.41, 5.74) is 2.03. The van der Waals surface area contributed by atoms with Crippen molar-refractivity contribution in [1.82, 2.24) is 9.97 Å². The molecule has 0 aliphatic heterocycles. The molecule has 4 nitrogen and oxygen atoms in total. The zero-order valence-electron chi connectivity index (χ0n) is 11.8. The second-order valence-electron chi connectivity index (χ2n) is 4.97. The van der Waals surface area contributed by atoms with E-state index in [4.69, 9.17) is 11.6 Å². The number of hydrogen-bond donors (Lipinski definition) is 2. The van der Waals surface area contributed by atoms with Gasteiger partial charge in [0.15, 0.2) is 5.82 Å². The average molecular weight is 313 g/mol. The summed E-state index contributed by atoms with van der Waals surface area (Å²) < 4.78 is 0. The quantitative estimate of drug-likeness (QED) is 0.758. The molecule has 22 heavy (non-hydrogen) atoms. The number of rotatable bonds is 2. The van der Waals surface area contributed by atoms with E-state index in [9.17, 15) is 9.90 Å². The minimum absolute atomic E-state index is 0.147. The van der Waals surface area contributed by atoms with E-state index in [2.05, 4.69) is 9.97 Å². The Morgan fingerprint density at radius 1 is 1.27 bits per heavy atom. The van der Waals surface area contributed by atoms with Gasteiger partial charge in [0.05, 0.1) is 15.9 Å². The van der Waals surface area contributed by atoms with Crippen molar-refractivity contribution in [2.45, 2.75) is 6.92 Å². The fourth-order valence-corrected chi connectivity index (χ4v) is 2.46. The number of phenolic OH excluding ortho intramolecular Hbond substituents is 1. The van der Waals surface area contributed by atoms with Crippen molar-refractivity contribution in [3.8, 4) is 5.75 Å². The van der Waals surface area contributed by atoms with Crippen LogP contribution in [0.3, 0.4) is 0 Å². The Labute approximate surface area is 131 Å². The number of benzene rings is 2. The van der Waals surface area contributed by atoms with E-state index in [-0.39, 0.29) is 11.3 Å². The van der Waals surface area contributed by atoms with Crippen LogP contribution in [0.25, 0.3) is 22.0 Å². The van der Waals surface area contributed by atoms with Crippen LogP contribution in [0.1, 0.15) is 17.0 Å². The smallest absolute Gasteiger partial charge is 0.259 e. The summed E-state index contributed by atoms with van der Waals surface area (Å²) in [5.74, 6) is 0.450. The number of para-hydroxylation sites is 1. The molecule has 5 heteroatoms. The van der Waals surface area contributed by atoms with Crippen LogP contribution in [0.4, 0.5) is 0 Å². The van der Waals surface area contributed by atoms with Gasteiger partial charge in [0, 0.05) is 0 Å². The van der Waals surface area contributed by atoms with Gasteiger partial charge in [-0.1, -0.05) is 35.9 Å². The molecule has 2 N–H and O–H groups in total. The van der Waals surface area contributed by atoms with E-state index in [1.807, 2.05) is 19.1 Å². The first-order valence-corrected chi connectivity index (χ1v) is 7.08. The van der Waals surface area contributed by atoms with Crippen molar-refractivity contribution >= 4 is 33.6 Å². The summed E-state index contributed by atoms with van der Waals surface area (Å²) in [6.07, 6.45) is 1.64. The molecule has 3 aromatic rings. The lowest BCUT2D eigenvalue weighted by molar-refractivity contribution is 0.475. The number of aryl methyl sites for hydroxylation is 1. The molecule has 0 radical (unpaired) electrons. The number of nitrogens with one attached hydrogen (secondary N) is 1. The highest BCUT2D eigenvalue weighted by Crippen LogP contribution is 2.22. The molecule has 0 bridgehead atoms. The first kappa shape index (κ1) is 14.4. The lowest BCUT2D eigenvalue weighted by Crippen LogP contribution is -2.11. The fourth-order valence-electron chi connectivity index (χ4n) is 2.25. The summed E-state index contributed by atoms with van der Waals surface area (Å²) >= 11 is 6.26. The van der Waals surface area contributed by atoms with Gasteiger partial charge in [-0.25, -0.2) is 4.98 Å². The van der Waals surface area contributed by atoms with Crippen LogP contribution in [0.2, 0.25) is 0 Å². The van der Waals surface area contributed by atoms with Gasteiger partial charge in [-0.05, 0) is 42.3 Å². The van der Waals surface area contributed by atoms with Crippen LogP contribution >= 0.6 is 11.6 Å². The SMILES string of the molecule is Cc1cccc2c(=O)[nH]c(/C(Cl)=C/c3cccc(O)c3)nc12. The lowest BCUT2D eigenvalue weighted by Gasteiger charge is -2.04. The number of aromatic hydroxyl groups is 1. The Morgan fingerprint density at radius 3 is 2.82 bits per heavy atom. The Bertz CT molecular complexity index is 945. The van der Waals surface area contributed by atoms with E-state index in [1.54, 1.807) is 36.4 Å². The Balaban J connectivity index is 2.14. The number of aromatic amines is 1. The number of halogens is 1. The summed E-state index contributed by atoms with van der Waals surface area (Å²) in [7, 11) is 0. The molecule has 0 aliphatic rings. The van der Waals surface area contributed by atoms with E-state index in [1.165, 1.54) is 0 Å². The molecule has 110 valence electrons. The average Bonchev–Trinajstić information content (AvgIpc) is 2.48. The van der Waals surface area contributed by atoms with Crippen LogP contribution in [-0.4, -0.2) is 15.1 Å². The molecule has 2 aromatic carbocycles. The lowest BCUT2D eigenvalue weighted by atomic mass is 10.1. The molecule has 0 aliphatic carbocycles. The largest absolute Gasteiger partial charge is 0.508 e. The number of nitrogens with zero attached hydrogens (tertiary/aromatic N) is 1. The molecule has 0 saturated carbocycles. The topological polar surface area (TPSA) is 66.0 Å². The molecule has 1 heterocycles. The number of phenols is 1. The molecule has 0 atom stereocenters. The highest BCUT2D eigenvalue weighted by Gasteiger charge is 2.08. The van der Waals surface area contributed by atoms with Crippen LogP contribution in [0, 0.1) is 6.92 Å². The van der Waals surface area contributed by atoms with Gasteiger partial charge in [-0.2, -0.15) is 0 Å². The number of fused-ring (bicyclic) bond motifs is 1. The van der Waals surface area contributed by atoms with Crippen molar-refractivity contribution < 1.29 is 5.11 Å². The monoisotopic (exact) mass is 312 g/mol. The van der Waals surface area contributed by atoms with Gasteiger partial charge in [-0.3, -0.25) is 4.79 Å². The maximum atomic E-state index is 12.1. The molecule has 3 rings (SSSR count). The number of hydrogen-bond acceptors (Lipinski definition) is 3. The van der Waals surface area contributed by atoms with Gasteiger partial charge in [-0.15, -0.1) is 0 Å². The molecule has 0 amide bonds. The van der Waals surface area contributed by atoms with Crippen molar-refractivity contribution in [1.29, 1.82) is 0 Å². The third-order valence-electron chi connectivity index (χ3n) is 3.33. The van der Waals surface area contributed by atoms with E-state index >= 15 is 0 Å². The summed E-state index contributed by atoms with van der Waals surface area (Å²) in [6, 6.07) is 12.1. The highest BCUT2D eigenvalue weighted by molar-refractivity contribution is 6.50. The Kier molecular flexibility index (Phi) is 3.69. The van der Waals surface area contributed by atoms with Crippen molar-refractivity contribution in [2.24, 2.45) is 0 Å². The van der Waals surface area contributed by atoms with Gasteiger partial charge in [0.25, 0.3) is 5.56 Å². The van der Waals surface area contributed by atoms with Crippen molar-refractivity contribution in [3.63, 3.8) is 0 Å². The van der Waals surface area contributed by atoms with E-state index < -0.39 is 0 Å². The van der Waals surface area contributed by atoms with Crippen LogP contribution in [0.5, 0.6) is 5.75 Å². The molecule has 0 saturated heterocycles. The zero-order chi connectivity index (χ0) is 15.7. The summed E-state index contributed by atoms with van der Waals surface area (Å²) in [4.78, 5) is 19.3. The molecule has 0 spiro atoms. The second-order valence-corrected chi connectivity index (χ2v) is 5.38. The molecule has 1 aromatic heterocycles. The summed E-state index contributed by atoms with van der Waals surface area (Å²) in [5, 5.41) is 10.3. The molecular weight excluding hydrogens is 300 g/mol. The number of H-pyrrole nitrogens is 1. The maximum absolute atomic E-state index is 12.1. The standard InChI is InChI=1S/C17H13ClN2O2/c1-10-4-2-7-13-15(10)19-16(20-17(13)22)14(18)9-11-5-3-6-12(21)8-11/h2-9,21H,1H3,(H,19,20,22)/b14-9-. The molecule has 0 unspecified atom stereocenters. The summed E-state index contributed by atoms with van der Waals surface area (Å²) in [6.45, 7) is 1.89. The van der Waals surface area contributed by atoms with Crippen LogP contribution in [-0.2, 0) is 0 Å². The minimum atomic E-state index is -0.230. The van der Waals surface area contributed by atoms with E-state index in [0.717, 1.165) is 11.1 Å². The van der Waals surface area contributed by atoms with Gasteiger partial charge >= 0.3 is 0 Å². The van der Waals surface area contributed by atoms with Crippen LogP contribution < -0.4 is 5.56 Å². The van der Waals surface area contributed by atoms with Gasteiger partial charge < -0.3 is 10.1 Å². The zero-order valence-corrected chi connectivity index (χ0v) is 12.6. The first-order valence-electron chi connectivity index (χ1n) is 6.71. The van der Waals surface area contributed by atoms with Gasteiger partial charge in [0.1, 0.15) is 5.75 Å². The van der Waals surface area contributed by atoms with Crippen LogP contribution in [0.15, 0.2) is 47.3 Å². The predicted molar refractivity (Wildman–Crippen MR) is 88.9 cm³/mol. The fraction of sp³-hybridized carbons (Fsp3) is 0.0588. The van der Waals surface area contributed by atoms with Gasteiger partial charge in [0.2, 0.25) is 0 Å². The normalized spacial score (nSPS) is 11.8. The van der Waals surface area contributed by atoms with Crippen molar-refractivity contribution in [3.05, 3.63) is 69.8 Å². The third-order valence-corrected chi connectivity index (χ3v) is 3.62. The predicted octanol–water partition coefficient (Wildman–Crippen LogP) is 3.67. The Hall–Kier alpha value is -2.59. The maximum Gasteiger partial charge on any atom is 0.259 e. The first-order chi connectivity index (χ1) is 10.5. The van der Waals surface area contributed by atoms with E-state index in [0.29, 0.717) is 21.8 Å². The van der Waals surface area contributed by atoms with Crippen molar-refractivity contribution in [2.75, 3.05) is 0 Å². The second kappa shape index (κ2) is 5.66. The highest BCUT2D eigenvalue weighted by atomic mass is 35.5. The third kappa shape index (κ3) is 2.73. The molecular formula is C17H13ClN2O2. The Morgan fingerprint density at radius 2 is 2.05 bits per heavy atom.